The average molecular weight is 233 g/mol. The standard InChI is InChI=1S/C12H15N3O2/c1-15-11(13-8-14-15)7-10(16)12(17)9-5-3-2-4-6-9/h2-6,8,10,12,16-17H,7H2,1H3. The first-order valence-corrected chi connectivity index (χ1v) is 5.42. The lowest BCUT2D eigenvalue weighted by molar-refractivity contribution is 0.0173. The van der Waals surface area contributed by atoms with Crippen molar-refractivity contribution in [3.63, 3.8) is 0 Å². The van der Waals surface area contributed by atoms with Crippen molar-refractivity contribution in [2.75, 3.05) is 0 Å². The van der Waals surface area contributed by atoms with E-state index >= 15 is 0 Å². The Labute approximate surface area is 99.4 Å². The van der Waals surface area contributed by atoms with Gasteiger partial charge >= 0.3 is 0 Å². The highest BCUT2D eigenvalue weighted by Crippen LogP contribution is 2.18. The van der Waals surface area contributed by atoms with Gasteiger partial charge in [0, 0.05) is 13.5 Å². The van der Waals surface area contributed by atoms with Gasteiger partial charge in [0.1, 0.15) is 18.3 Å². The van der Waals surface area contributed by atoms with Crippen molar-refractivity contribution in [3.8, 4) is 0 Å². The van der Waals surface area contributed by atoms with Gasteiger partial charge in [-0.15, -0.1) is 0 Å². The van der Waals surface area contributed by atoms with Crippen LogP contribution >= 0.6 is 0 Å². The monoisotopic (exact) mass is 233 g/mol. The minimum Gasteiger partial charge on any atom is -0.390 e. The van der Waals surface area contributed by atoms with E-state index in [-0.39, 0.29) is 6.42 Å². The highest BCUT2D eigenvalue weighted by Gasteiger charge is 2.20. The van der Waals surface area contributed by atoms with Crippen LogP contribution < -0.4 is 0 Å². The van der Waals surface area contributed by atoms with Crippen molar-refractivity contribution < 1.29 is 10.2 Å². The Bertz CT molecular complexity index is 470. The Hall–Kier alpha value is -1.72. The molecule has 2 atom stereocenters. The smallest absolute Gasteiger partial charge is 0.138 e. The molecule has 2 aromatic rings. The molecule has 0 spiro atoms. The molecule has 5 heteroatoms. The van der Waals surface area contributed by atoms with Gasteiger partial charge in [0.2, 0.25) is 0 Å². The quantitative estimate of drug-likeness (QED) is 0.804. The van der Waals surface area contributed by atoms with E-state index in [1.807, 2.05) is 18.2 Å². The first kappa shape index (κ1) is 11.8. The molecule has 0 bridgehead atoms. The van der Waals surface area contributed by atoms with Crippen LogP contribution in [-0.4, -0.2) is 31.1 Å². The van der Waals surface area contributed by atoms with Crippen LogP contribution in [0.25, 0.3) is 0 Å². The molecule has 0 radical (unpaired) electrons. The van der Waals surface area contributed by atoms with Crippen molar-refractivity contribution in [1.29, 1.82) is 0 Å². The molecule has 2 N–H and O–H groups in total. The van der Waals surface area contributed by atoms with E-state index in [0.717, 1.165) is 0 Å². The number of hydrogen-bond acceptors (Lipinski definition) is 4. The van der Waals surface area contributed by atoms with Gasteiger partial charge in [-0.05, 0) is 5.56 Å². The van der Waals surface area contributed by atoms with Gasteiger partial charge in [-0.2, -0.15) is 5.10 Å². The van der Waals surface area contributed by atoms with E-state index < -0.39 is 12.2 Å². The molecular formula is C12H15N3O2. The van der Waals surface area contributed by atoms with E-state index in [4.69, 9.17) is 0 Å². The lowest BCUT2D eigenvalue weighted by atomic mass is 10.0. The average Bonchev–Trinajstić information content (AvgIpc) is 2.75. The van der Waals surface area contributed by atoms with Crippen molar-refractivity contribution in [1.82, 2.24) is 14.8 Å². The fourth-order valence-corrected chi connectivity index (χ4v) is 1.68. The molecule has 0 fully saturated rings. The second kappa shape index (κ2) is 5.07. The predicted octanol–water partition coefficient (Wildman–Crippen LogP) is 0.452. The molecule has 2 unspecified atom stereocenters. The van der Waals surface area contributed by atoms with Crippen LogP contribution in [0.2, 0.25) is 0 Å². The number of aliphatic hydroxyl groups excluding tert-OH is 2. The van der Waals surface area contributed by atoms with Crippen LogP contribution in [-0.2, 0) is 13.5 Å². The van der Waals surface area contributed by atoms with Crippen LogP contribution in [0.1, 0.15) is 17.5 Å². The van der Waals surface area contributed by atoms with E-state index in [1.165, 1.54) is 6.33 Å². The van der Waals surface area contributed by atoms with Gasteiger partial charge in [0.15, 0.2) is 0 Å². The Morgan fingerprint density at radius 3 is 2.53 bits per heavy atom. The molecule has 1 aromatic carbocycles. The highest BCUT2D eigenvalue weighted by molar-refractivity contribution is 5.18. The third kappa shape index (κ3) is 2.69. The molecule has 0 aliphatic rings. The molecule has 0 saturated heterocycles. The predicted molar refractivity (Wildman–Crippen MR) is 62.1 cm³/mol. The second-order valence-corrected chi connectivity index (χ2v) is 3.93. The summed E-state index contributed by atoms with van der Waals surface area (Å²) in [6, 6.07) is 9.08. The number of aliphatic hydroxyl groups is 2. The molecule has 1 aromatic heterocycles. The summed E-state index contributed by atoms with van der Waals surface area (Å²) in [6.45, 7) is 0. The number of rotatable bonds is 4. The lowest BCUT2D eigenvalue weighted by Crippen LogP contribution is -2.22. The zero-order chi connectivity index (χ0) is 12.3. The molecule has 17 heavy (non-hydrogen) atoms. The Morgan fingerprint density at radius 2 is 1.94 bits per heavy atom. The van der Waals surface area contributed by atoms with Crippen LogP contribution in [0.5, 0.6) is 0 Å². The van der Waals surface area contributed by atoms with Gasteiger partial charge in [0.05, 0.1) is 6.10 Å². The molecule has 5 nitrogen and oxygen atoms in total. The third-order valence-corrected chi connectivity index (χ3v) is 2.70. The number of aromatic nitrogens is 3. The second-order valence-electron chi connectivity index (χ2n) is 3.93. The van der Waals surface area contributed by atoms with Crippen LogP contribution in [0.3, 0.4) is 0 Å². The fourth-order valence-electron chi connectivity index (χ4n) is 1.68. The van der Waals surface area contributed by atoms with Gasteiger partial charge in [0.25, 0.3) is 0 Å². The summed E-state index contributed by atoms with van der Waals surface area (Å²) in [5.41, 5.74) is 0.696. The first-order chi connectivity index (χ1) is 8.18. The molecule has 0 aliphatic carbocycles. The molecule has 90 valence electrons. The normalized spacial score (nSPS) is 14.5. The minimum atomic E-state index is -0.909. The zero-order valence-corrected chi connectivity index (χ0v) is 9.56. The fraction of sp³-hybridized carbons (Fsp3) is 0.333. The molecule has 0 amide bonds. The number of aryl methyl sites for hydroxylation is 1. The van der Waals surface area contributed by atoms with Gasteiger partial charge in [-0.1, -0.05) is 30.3 Å². The zero-order valence-electron chi connectivity index (χ0n) is 9.56. The largest absolute Gasteiger partial charge is 0.390 e. The Morgan fingerprint density at radius 1 is 1.24 bits per heavy atom. The maximum absolute atomic E-state index is 9.97. The Kier molecular flexibility index (Phi) is 3.51. The summed E-state index contributed by atoms with van der Waals surface area (Å²) in [5.74, 6) is 0.646. The topological polar surface area (TPSA) is 71.2 Å². The lowest BCUT2D eigenvalue weighted by Gasteiger charge is -2.17. The van der Waals surface area contributed by atoms with Crippen molar-refractivity contribution >= 4 is 0 Å². The van der Waals surface area contributed by atoms with Crippen LogP contribution in [0.4, 0.5) is 0 Å². The van der Waals surface area contributed by atoms with Crippen molar-refractivity contribution in [3.05, 3.63) is 48.0 Å². The number of benzene rings is 1. The molecular weight excluding hydrogens is 218 g/mol. The van der Waals surface area contributed by atoms with E-state index in [1.54, 1.807) is 23.9 Å². The van der Waals surface area contributed by atoms with Crippen LogP contribution in [0, 0.1) is 0 Å². The molecule has 0 saturated carbocycles. The van der Waals surface area contributed by atoms with Crippen molar-refractivity contribution in [2.24, 2.45) is 7.05 Å². The van der Waals surface area contributed by atoms with Gasteiger partial charge in [-0.3, -0.25) is 4.68 Å². The SMILES string of the molecule is Cn1ncnc1CC(O)C(O)c1ccccc1. The third-order valence-electron chi connectivity index (χ3n) is 2.70. The minimum absolute atomic E-state index is 0.270. The van der Waals surface area contributed by atoms with E-state index in [0.29, 0.717) is 11.4 Å². The summed E-state index contributed by atoms with van der Waals surface area (Å²) in [4.78, 5) is 4.01. The maximum atomic E-state index is 9.97. The summed E-state index contributed by atoms with van der Waals surface area (Å²) >= 11 is 0. The maximum Gasteiger partial charge on any atom is 0.138 e. The summed E-state index contributed by atoms with van der Waals surface area (Å²) in [6.07, 6.45) is -0.100. The molecule has 0 aliphatic heterocycles. The van der Waals surface area contributed by atoms with E-state index in [2.05, 4.69) is 10.1 Å². The van der Waals surface area contributed by atoms with Crippen molar-refractivity contribution in [2.45, 2.75) is 18.6 Å². The number of nitrogens with zero attached hydrogens (tertiary/aromatic N) is 3. The Balaban J connectivity index is 2.06. The highest BCUT2D eigenvalue weighted by atomic mass is 16.3. The van der Waals surface area contributed by atoms with E-state index in [9.17, 15) is 10.2 Å². The molecule has 1 heterocycles. The number of hydrogen-bond donors (Lipinski definition) is 2. The summed E-state index contributed by atoms with van der Waals surface area (Å²) in [5, 5.41) is 23.8. The van der Waals surface area contributed by atoms with Gasteiger partial charge in [-0.25, -0.2) is 4.98 Å². The first-order valence-electron chi connectivity index (χ1n) is 5.42. The van der Waals surface area contributed by atoms with Gasteiger partial charge < -0.3 is 10.2 Å². The summed E-state index contributed by atoms with van der Waals surface area (Å²) < 4.78 is 1.58. The van der Waals surface area contributed by atoms with Crippen LogP contribution in [0.15, 0.2) is 36.7 Å². The molecule has 2 rings (SSSR count). The summed E-state index contributed by atoms with van der Waals surface area (Å²) in [7, 11) is 1.75.